The highest BCUT2D eigenvalue weighted by Gasteiger charge is 2.08. The number of hydrogen-bond donors (Lipinski definition) is 0. The third kappa shape index (κ3) is 3.93. The summed E-state index contributed by atoms with van der Waals surface area (Å²) in [5.74, 6) is 0.835. The van der Waals surface area contributed by atoms with Crippen molar-refractivity contribution in [2.75, 3.05) is 6.61 Å². The van der Waals surface area contributed by atoms with Gasteiger partial charge in [-0.1, -0.05) is 40.2 Å². The Bertz CT molecular complexity index is 578. The number of Topliss-reactive ketones (excluding diaryl/α,β-unsaturated/α-hetero) is 1. The zero-order chi connectivity index (χ0) is 13.7. The zero-order valence-electron chi connectivity index (χ0n) is 10.7. The Balaban J connectivity index is 2.13. The second-order valence-corrected chi connectivity index (χ2v) is 5.11. The maximum atomic E-state index is 12.2. The molecule has 0 N–H and O–H groups in total. The van der Waals surface area contributed by atoms with Crippen LogP contribution in [0.1, 0.15) is 22.8 Å². The highest BCUT2D eigenvalue weighted by molar-refractivity contribution is 9.10. The van der Waals surface area contributed by atoms with Crippen molar-refractivity contribution < 1.29 is 9.53 Å². The third-order valence-electron chi connectivity index (χ3n) is 2.72. The summed E-state index contributed by atoms with van der Waals surface area (Å²) in [6, 6.07) is 15.1. The second kappa shape index (κ2) is 6.53. The van der Waals surface area contributed by atoms with Gasteiger partial charge in [0.2, 0.25) is 0 Å². The van der Waals surface area contributed by atoms with Crippen LogP contribution >= 0.6 is 15.9 Å². The normalized spacial score (nSPS) is 10.2. The highest BCUT2D eigenvalue weighted by atomic mass is 79.9. The van der Waals surface area contributed by atoms with Crippen molar-refractivity contribution in [3.63, 3.8) is 0 Å². The number of hydrogen-bond acceptors (Lipinski definition) is 2. The monoisotopic (exact) mass is 318 g/mol. The van der Waals surface area contributed by atoms with Crippen LogP contribution < -0.4 is 4.74 Å². The van der Waals surface area contributed by atoms with Gasteiger partial charge in [-0.15, -0.1) is 0 Å². The van der Waals surface area contributed by atoms with Crippen LogP contribution in [0.25, 0.3) is 0 Å². The lowest BCUT2D eigenvalue weighted by atomic mass is 10.0. The van der Waals surface area contributed by atoms with Gasteiger partial charge in [0.1, 0.15) is 5.75 Å². The quantitative estimate of drug-likeness (QED) is 0.769. The first-order chi connectivity index (χ1) is 9.19. The molecule has 0 aliphatic carbocycles. The van der Waals surface area contributed by atoms with E-state index in [2.05, 4.69) is 15.9 Å². The molecule has 0 aliphatic heterocycles. The van der Waals surface area contributed by atoms with Gasteiger partial charge >= 0.3 is 0 Å². The molecule has 98 valence electrons. The fraction of sp³-hybridized carbons (Fsp3) is 0.188. The number of halogens is 1. The lowest BCUT2D eigenvalue weighted by molar-refractivity contribution is 0.0992. The number of benzene rings is 2. The van der Waals surface area contributed by atoms with Gasteiger partial charge in [0.15, 0.2) is 5.78 Å². The molecule has 0 atom stereocenters. The van der Waals surface area contributed by atoms with Gasteiger partial charge in [-0.05, 0) is 36.8 Å². The number of ketones is 1. The van der Waals surface area contributed by atoms with E-state index in [0.717, 1.165) is 15.8 Å². The van der Waals surface area contributed by atoms with Crippen LogP contribution in [0.2, 0.25) is 0 Å². The topological polar surface area (TPSA) is 26.3 Å². The smallest absolute Gasteiger partial charge is 0.167 e. The van der Waals surface area contributed by atoms with Gasteiger partial charge in [-0.25, -0.2) is 0 Å². The number of rotatable bonds is 5. The Labute approximate surface area is 121 Å². The van der Waals surface area contributed by atoms with Gasteiger partial charge < -0.3 is 4.74 Å². The van der Waals surface area contributed by atoms with Gasteiger partial charge in [0.25, 0.3) is 0 Å². The molecular weight excluding hydrogens is 304 g/mol. The fourth-order valence-corrected chi connectivity index (χ4v) is 2.31. The fourth-order valence-electron chi connectivity index (χ4n) is 1.86. The summed E-state index contributed by atoms with van der Waals surface area (Å²) in [5, 5.41) is 0. The first-order valence-electron chi connectivity index (χ1n) is 6.19. The largest absolute Gasteiger partial charge is 0.494 e. The van der Waals surface area contributed by atoms with Crippen molar-refractivity contribution in [2.45, 2.75) is 13.3 Å². The van der Waals surface area contributed by atoms with Crippen LogP contribution in [-0.2, 0) is 6.42 Å². The Morgan fingerprint density at radius 3 is 2.68 bits per heavy atom. The molecule has 2 nitrogen and oxygen atoms in total. The van der Waals surface area contributed by atoms with E-state index in [1.54, 1.807) is 6.07 Å². The lowest BCUT2D eigenvalue weighted by Crippen LogP contribution is -2.04. The standard InChI is InChI=1S/C16H15BrO2/c1-2-19-15-8-4-6-13(11-15)16(18)10-12-5-3-7-14(17)9-12/h3-9,11H,2,10H2,1H3. The predicted molar refractivity (Wildman–Crippen MR) is 79.8 cm³/mol. The number of ether oxygens (including phenoxy) is 1. The molecule has 0 radical (unpaired) electrons. The Hall–Kier alpha value is -1.61. The minimum absolute atomic E-state index is 0.0969. The van der Waals surface area contributed by atoms with Crippen molar-refractivity contribution in [3.05, 3.63) is 64.1 Å². The summed E-state index contributed by atoms with van der Waals surface area (Å²) in [7, 11) is 0. The van der Waals surface area contributed by atoms with E-state index in [1.165, 1.54) is 0 Å². The van der Waals surface area contributed by atoms with E-state index >= 15 is 0 Å². The highest BCUT2D eigenvalue weighted by Crippen LogP contribution is 2.17. The van der Waals surface area contributed by atoms with Gasteiger partial charge in [0, 0.05) is 16.5 Å². The Kier molecular flexibility index (Phi) is 4.74. The van der Waals surface area contributed by atoms with E-state index in [9.17, 15) is 4.79 Å². The van der Waals surface area contributed by atoms with E-state index in [4.69, 9.17) is 4.74 Å². The maximum Gasteiger partial charge on any atom is 0.167 e. The minimum atomic E-state index is 0.0969. The molecule has 19 heavy (non-hydrogen) atoms. The first kappa shape index (κ1) is 13.8. The average Bonchev–Trinajstić information content (AvgIpc) is 2.39. The second-order valence-electron chi connectivity index (χ2n) is 4.19. The summed E-state index contributed by atoms with van der Waals surface area (Å²) in [6.45, 7) is 2.53. The zero-order valence-corrected chi connectivity index (χ0v) is 12.3. The molecule has 2 rings (SSSR count). The summed E-state index contributed by atoms with van der Waals surface area (Å²) in [5.41, 5.74) is 1.69. The van der Waals surface area contributed by atoms with E-state index in [0.29, 0.717) is 18.6 Å². The third-order valence-corrected chi connectivity index (χ3v) is 3.21. The van der Waals surface area contributed by atoms with Crippen LogP contribution in [0.15, 0.2) is 53.0 Å². The van der Waals surface area contributed by atoms with Crippen LogP contribution in [0.4, 0.5) is 0 Å². The van der Waals surface area contributed by atoms with Crippen LogP contribution in [0, 0.1) is 0 Å². The molecule has 0 spiro atoms. The predicted octanol–water partition coefficient (Wildman–Crippen LogP) is 4.27. The van der Waals surface area contributed by atoms with E-state index in [1.807, 2.05) is 49.4 Å². The molecule has 2 aromatic rings. The lowest BCUT2D eigenvalue weighted by Gasteiger charge is -2.06. The Morgan fingerprint density at radius 2 is 1.95 bits per heavy atom. The van der Waals surface area contributed by atoms with Crippen molar-refractivity contribution in [1.29, 1.82) is 0 Å². The molecule has 0 fully saturated rings. The van der Waals surface area contributed by atoms with E-state index < -0.39 is 0 Å². The molecule has 0 bridgehead atoms. The molecule has 2 aromatic carbocycles. The molecule has 0 amide bonds. The van der Waals surface area contributed by atoms with Crippen LogP contribution in [0.5, 0.6) is 5.75 Å². The van der Waals surface area contributed by atoms with Gasteiger partial charge in [0.05, 0.1) is 6.61 Å². The number of carbonyl (C=O) groups is 1. The Morgan fingerprint density at radius 1 is 1.16 bits per heavy atom. The van der Waals surface area contributed by atoms with Crippen LogP contribution in [0.3, 0.4) is 0 Å². The summed E-state index contributed by atoms with van der Waals surface area (Å²) < 4.78 is 6.39. The molecule has 0 unspecified atom stereocenters. The summed E-state index contributed by atoms with van der Waals surface area (Å²) >= 11 is 3.41. The number of carbonyl (C=O) groups excluding carboxylic acids is 1. The van der Waals surface area contributed by atoms with Crippen molar-refractivity contribution in [1.82, 2.24) is 0 Å². The van der Waals surface area contributed by atoms with Crippen molar-refractivity contribution in [3.8, 4) is 5.75 Å². The van der Waals surface area contributed by atoms with Gasteiger partial charge in [-0.2, -0.15) is 0 Å². The molecule has 0 saturated carbocycles. The van der Waals surface area contributed by atoms with E-state index in [-0.39, 0.29) is 5.78 Å². The molecular formula is C16H15BrO2. The molecule has 0 aliphatic rings. The average molecular weight is 319 g/mol. The molecule has 0 aromatic heterocycles. The van der Waals surface area contributed by atoms with Crippen LogP contribution in [-0.4, -0.2) is 12.4 Å². The SMILES string of the molecule is CCOc1cccc(C(=O)Cc2cccc(Br)c2)c1. The molecule has 0 saturated heterocycles. The summed E-state index contributed by atoms with van der Waals surface area (Å²) in [4.78, 5) is 12.2. The van der Waals surface area contributed by atoms with Crippen molar-refractivity contribution in [2.24, 2.45) is 0 Å². The van der Waals surface area contributed by atoms with Gasteiger partial charge in [-0.3, -0.25) is 4.79 Å². The maximum absolute atomic E-state index is 12.2. The first-order valence-corrected chi connectivity index (χ1v) is 6.99. The molecule has 0 heterocycles. The summed E-state index contributed by atoms with van der Waals surface area (Å²) in [6.07, 6.45) is 0.398. The molecule has 3 heteroatoms. The van der Waals surface area contributed by atoms with Crippen molar-refractivity contribution >= 4 is 21.7 Å². The minimum Gasteiger partial charge on any atom is -0.494 e.